The second kappa shape index (κ2) is 5.94. The Morgan fingerprint density at radius 3 is 2.93 bits per heavy atom. The molecule has 0 amide bonds. The van der Waals surface area contributed by atoms with E-state index in [-0.39, 0.29) is 0 Å². The maximum atomic E-state index is 13.3. The van der Waals surface area contributed by atoms with Crippen LogP contribution in [0.3, 0.4) is 0 Å². The van der Waals surface area contributed by atoms with Gasteiger partial charge < -0.3 is 5.32 Å². The monoisotopic (exact) mass is 205 g/mol. The molecule has 0 aliphatic rings. The minimum Gasteiger partial charge on any atom is -0.319 e. The van der Waals surface area contributed by atoms with E-state index in [0.29, 0.717) is 23.8 Å². The van der Waals surface area contributed by atoms with Gasteiger partial charge in [0.15, 0.2) is 0 Å². The zero-order valence-electron chi connectivity index (χ0n) is 8.51. The number of hydrogen-bond donors (Lipinski definition) is 1. The summed E-state index contributed by atoms with van der Waals surface area (Å²) in [6, 6.07) is 4.26. The molecule has 0 unspecified atom stereocenters. The first-order valence-corrected chi connectivity index (χ1v) is 4.66. The van der Waals surface area contributed by atoms with Crippen molar-refractivity contribution in [2.45, 2.75) is 6.42 Å². The van der Waals surface area contributed by atoms with Gasteiger partial charge in [-0.05, 0) is 19.2 Å². The molecule has 0 aliphatic carbocycles. The molecule has 0 aliphatic heterocycles. The summed E-state index contributed by atoms with van der Waals surface area (Å²) in [5, 5.41) is 2.94. The van der Waals surface area contributed by atoms with Crippen LogP contribution >= 0.6 is 0 Å². The lowest BCUT2D eigenvalue weighted by molar-refractivity contribution is 0.112. The molecule has 1 aromatic rings. The molecule has 0 aromatic heterocycles. The van der Waals surface area contributed by atoms with Crippen LogP contribution in [0.1, 0.15) is 22.3 Å². The molecule has 0 atom stereocenters. The van der Waals surface area contributed by atoms with E-state index in [4.69, 9.17) is 0 Å². The number of carbonyl (C=O) groups excluding carboxylic acids is 1. The fraction of sp³-hybridized carbons (Fsp3) is 0.250. The summed E-state index contributed by atoms with van der Waals surface area (Å²) in [7, 11) is 1.83. The van der Waals surface area contributed by atoms with Gasteiger partial charge in [0.2, 0.25) is 0 Å². The van der Waals surface area contributed by atoms with Crippen molar-refractivity contribution in [1.29, 1.82) is 0 Å². The first-order valence-electron chi connectivity index (χ1n) is 4.66. The third-order valence-corrected chi connectivity index (χ3v) is 1.85. The molecule has 0 spiro atoms. The van der Waals surface area contributed by atoms with Gasteiger partial charge in [-0.1, -0.05) is 17.9 Å². The summed E-state index contributed by atoms with van der Waals surface area (Å²) in [6.45, 7) is 0.779. The molecule has 0 heterocycles. The van der Waals surface area contributed by atoms with Crippen molar-refractivity contribution in [3.05, 3.63) is 35.1 Å². The molecule has 78 valence electrons. The van der Waals surface area contributed by atoms with Gasteiger partial charge >= 0.3 is 0 Å². The van der Waals surface area contributed by atoms with Crippen molar-refractivity contribution in [2.24, 2.45) is 0 Å². The third-order valence-electron chi connectivity index (χ3n) is 1.85. The predicted molar refractivity (Wildman–Crippen MR) is 57.2 cm³/mol. The van der Waals surface area contributed by atoms with Crippen LogP contribution in [-0.2, 0) is 0 Å². The SMILES string of the molecule is CNCCC#Cc1ccc(C=O)cc1F. The number of hydrogen-bond acceptors (Lipinski definition) is 2. The number of nitrogens with one attached hydrogen (secondary N) is 1. The second-order valence-corrected chi connectivity index (χ2v) is 3.01. The lowest BCUT2D eigenvalue weighted by Crippen LogP contribution is -2.05. The summed E-state index contributed by atoms with van der Waals surface area (Å²) in [4.78, 5) is 10.4. The zero-order chi connectivity index (χ0) is 11.1. The number of aldehydes is 1. The Morgan fingerprint density at radius 2 is 2.33 bits per heavy atom. The maximum Gasteiger partial charge on any atom is 0.150 e. The van der Waals surface area contributed by atoms with Gasteiger partial charge in [0.1, 0.15) is 12.1 Å². The number of halogens is 1. The van der Waals surface area contributed by atoms with E-state index in [2.05, 4.69) is 17.2 Å². The van der Waals surface area contributed by atoms with Crippen LogP contribution in [0, 0.1) is 17.7 Å². The quantitative estimate of drug-likeness (QED) is 0.461. The van der Waals surface area contributed by atoms with E-state index in [9.17, 15) is 9.18 Å². The average Bonchev–Trinajstić information content (AvgIpc) is 2.26. The van der Waals surface area contributed by atoms with E-state index in [1.54, 1.807) is 6.07 Å². The van der Waals surface area contributed by atoms with Gasteiger partial charge in [0, 0.05) is 18.5 Å². The summed E-state index contributed by atoms with van der Waals surface area (Å²) in [5.74, 6) is 5.11. The molecular weight excluding hydrogens is 193 g/mol. The van der Waals surface area contributed by atoms with E-state index >= 15 is 0 Å². The Labute approximate surface area is 88.5 Å². The Bertz CT molecular complexity index is 404. The zero-order valence-corrected chi connectivity index (χ0v) is 8.51. The highest BCUT2D eigenvalue weighted by atomic mass is 19.1. The van der Waals surface area contributed by atoms with Crippen molar-refractivity contribution in [2.75, 3.05) is 13.6 Å². The van der Waals surface area contributed by atoms with Gasteiger partial charge in [-0.2, -0.15) is 0 Å². The van der Waals surface area contributed by atoms with Crippen LogP contribution < -0.4 is 5.32 Å². The molecule has 0 fully saturated rings. The van der Waals surface area contributed by atoms with Crippen LogP contribution in [0.15, 0.2) is 18.2 Å². The van der Waals surface area contributed by atoms with E-state index in [1.165, 1.54) is 12.1 Å². The molecule has 1 rings (SSSR count). The van der Waals surface area contributed by atoms with E-state index in [1.807, 2.05) is 7.05 Å². The fourth-order valence-corrected chi connectivity index (χ4v) is 1.05. The molecule has 0 radical (unpaired) electrons. The smallest absolute Gasteiger partial charge is 0.150 e. The molecule has 1 aromatic carbocycles. The molecule has 1 N–H and O–H groups in total. The number of carbonyl (C=O) groups is 1. The molecule has 0 saturated heterocycles. The second-order valence-electron chi connectivity index (χ2n) is 3.01. The third kappa shape index (κ3) is 3.53. The summed E-state index contributed by atoms with van der Waals surface area (Å²) < 4.78 is 13.3. The first-order chi connectivity index (χ1) is 7.27. The Hall–Kier alpha value is -1.66. The van der Waals surface area contributed by atoms with Crippen LogP contribution in [0.5, 0.6) is 0 Å². The molecule has 15 heavy (non-hydrogen) atoms. The largest absolute Gasteiger partial charge is 0.319 e. The Balaban J connectivity index is 2.76. The number of rotatable bonds is 3. The average molecular weight is 205 g/mol. The molecule has 0 saturated carbocycles. The topological polar surface area (TPSA) is 29.1 Å². The molecule has 3 heteroatoms. The van der Waals surface area contributed by atoms with E-state index in [0.717, 1.165) is 6.54 Å². The first kappa shape index (κ1) is 11.4. The van der Waals surface area contributed by atoms with Crippen LogP contribution in [-0.4, -0.2) is 19.9 Å². The van der Waals surface area contributed by atoms with Gasteiger partial charge in [0.05, 0.1) is 5.56 Å². The minimum absolute atomic E-state index is 0.327. The molecular formula is C12H12FNO. The highest BCUT2D eigenvalue weighted by Gasteiger charge is 1.99. The fourth-order valence-electron chi connectivity index (χ4n) is 1.05. The van der Waals surface area contributed by atoms with Crippen molar-refractivity contribution in [1.82, 2.24) is 5.32 Å². The minimum atomic E-state index is -0.448. The summed E-state index contributed by atoms with van der Waals surface area (Å²) in [6.07, 6.45) is 1.28. The van der Waals surface area contributed by atoms with Crippen LogP contribution in [0.4, 0.5) is 4.39 Å². The van der Waals surface area contributed by atoms with Gasteiger partial charge in [-0.25, -0.2) is 4.39 Å². The van der Waals surface area contributed by atoms with Crippen molar-refractivity contribution < 1.29 is 9.18 Å². The van der Waals surface area contributed by atoms with E-state index < -0.39 is 5.82 Å². The lowest BCUT2D eigenvalue weighted by Gasteiger charge is -1.95. The van der Waals surface area contributed by atoms with Crippen molar-refractivity contribution >= 4 is 6.29 Å². The normalized spacial score (nSPS) is 9.20. The van der Waals surface area contributed by atoms with Crippen molar-refractivity contribution in [3.8, 4) is 11.8 Å². The van der Waals surface area contributed by atoms with Crippen LogP contribution in [0.25, 0.3) is 0 Å². The Morgan fingerprint density at radius 1 is 1.53 bits per heavy atom. The Kier molecular flexibility index (Phi) is 4.52. The highest BCUT2D eigenvalue weighted by Crippen LogP contribution is 2.07. The predicted octanol–water partition coefficient (Wildman–Crippen LogP) is 1.60. The summed E-state index contributed by atoms with van der Waals surface area (Å²) >= 11 is 0. The highest BCUT2D eigenvalue weighted by molar-refractivity contribution is 5.75. The van der Waals surface area contributed by atoms with Crippen LogP contribution in [0.2, 0.25) is 0 Å². The standard InChI is InChI=1S/C12H12FNO/c1-14-7-3-2-4-11-6-5-10(9-15)8-12(11)13/h5-6,8-9,14H,3,7H2,1H3. The molecule has 2 nitrogen and oxygen atoms in total. The summed E-state index contributed by atoms with van der Waals surface area (Å²) in [5.41, 5.74) is 0.657. The molecule has 0 bridgehead atoms. The lowest BCUT2D eigenvalue weighted by atomic mass is 10.1. The maximum absolute atomic E-state index is 13.3. The van der Waals surface area contributed by atoms with Gasteiger partial charge in [0.25, 0.3) is 0 Å². The van der Waals surface area contributed by atoms with Crippen molar-refractivity contribution in [3.63, 3.8) is 0 Å². The number of benzene rings is 1. The van der Waals surface area contributed by atoms with Gasteiger partial charge in [-0.3, -0.25) is 4.79 Å². The van der Waals surface area contributed by atoms with Gasteiger partial charge in [-0.15, -0.1) is 0 Å².